The van der Waals surface area contributed by atoms with Crippen LogP contribution < -0.4 is 0 Å². The smallest absolute Gasteiger partial charge is 0.129 e. The Labute approximate surface area is 150 Å². The summed E-state index contributed by atoms with van der Waals surface area (Å²) in [5, 5.41) is 0.489. The van der Waals surface area contributed by atoms with Crippen molar-refractivity contribution >= 4 is 11.6 Å². The van der Waals surface area contributed by atoms with Crippen LogP contribution in [0.1, 0.15) is 34.1 Å². The Kier molecular flexibility index (Phi) is 4.27. The molecule has 3 aromatic rings. The maximum atomic E-state index is 13.7. The highest BCUT2D eigenvalue weighted by atomic mass is 35.5. The topological polar surface area (TPSA) is 44.8 Å². The van der Waals surface area contributed by atoms with Gasteiger partial charge in [0.15, 0.2) is 0 Å². The minimum absolute atomic E-state index is 0.00928. The minimum atomic E-state index is -0.185. The fraction of sp³-hybridized carbons (Fsp3) is 0.263. The van der Waals surface area contributed by atoms with Gasteiger partial charge in [-0.2, -0.15) is 0 Å². The van der Waals surface area contributed by atoms with Crippen LogP contribution >= 0.6 is 11.6 Å². The molecule has 1 aromatic carbocycles. The van der Waals surface area contributed by atoms with Gasteiger partial charge >= 0.3 is 0 Å². The lowest BCUT2D eigenvalue weighted by Gasteiger charge is -2.35. The molecule has 4 rings (SSSR count). The van der Waals surface area contributed by atoms with Crippen LogP contribution in [-0.2, 0) is 13.0 Å². The second-order valence-electron chi connectivity index (χ2n) is 6.39. The van der Waals surface area contributed by atoms with Crippen molar-refractivity contribution in [3.8, 4) is 0 Å². The number of aromatic amines is 1. The molecule has 0 fully saturated rings. The van der Waals surface area contributed by atoms with Crippen molar-refractivity contribution in [2.75, 3.05) is 6.54 Å². The first-order valence-electron chi connectivity index (χ1n) is 8.24. The zero-order valence-electron chi connectivity index (χ0n) is 13.8. The molecule has 0 saturated heterocycles. The first-order valence-corrected chi connectivity index (χ1v) is 8.62. The summed E-state index contributed by atoms with van der Waals surface area (Å²) in [6.07, 6.45) is 4.45. The molecule has 0 bridgehead atoms. The highest BCUT2D eigenvalue weighted by molar-refractivity contribution is 6.29. The second-order valence-corrected chi connectivity index (χ2v) is 6.77. The number of pyridine rings is 1. The van der Waals surface area contributed by atoms with E-state index in [2.05, 4.69) is 19.9 Å². The molecule has 0 spiro atoms. The molecule has 0 saturated carbocycles. The van der Waals surface area contributed by atoms with Crippen LogP contribution in [0.5, 0.6) is 0 Å². The van der Waals surface area contributed by atoms with Crippen LogP contribution in [0.3, 0.4) is 0 Å². The van der Waals surface area contributed by atoms with Crippen molar-refractivity contribution in [2.24, 2.45) is 0 Å². The summed E-state index contributed by atoms with van der Waals surface area (Å²) < 4.78 is 13.7. The minimum Gasteiger partial charge on any atom is -0.348 e. The van der Waals surface area contributed by atoms with Crippen molar-refractivity contribution < 1.29 is 4.39 Å². The number of hydrogen-bond acceptors (Lipinski definition) is 3. The van der Waals surface area contributed by atoms with E-state index < -0.39 is 0 Å². The maximum absolute atomic E-state index is 13.7. The van der Waals surface area contributed by atoms with Gasteiger partial charge in [0.05, 0.1) is 18.1 Å². The molecular formula is C19H18ClFN4. The number of halogens is 2. The zero-order valence-corrected chi connectivity index (χ0v) is 14.6. The van der Waals surface area contributed by atoms with E-state index in [1.165, 1.54) is 6.07 Å². The van der Waals surface area contributed by atoms with E-state index in [0.29, 0.717) is 10.7 Å². The fourth-order valence-electron chi connectivity index (χ4n) is 3.44. The zero-order chi connectivity index (χ0) is 17.4. The lowest BCUT2D eigenvalue weighted by atomic mass is 9.94. The summed E-state index contributed by atoms with van der Waals surface area (Å²) in [4.78, 5) is 14.3. The van der Waals surface area contributed by atoms with E-state index in [1.54, 1.807) is 25.5 Å². The van der Waals surface area contributed by atoms with Gasteiger partial charge in [-0.1, -0.05) is 29.8 Å². The third kappa shape index (κ3) is 3.17. The molecule has 1 unspecified atom stereocenters. The quantitative estimate of drug-likeness (QED) is 0.720. The van der Waals surface area contributed by atoms with Crippen LogP contribution in [0, 0.1) is 12.7 Å². The predicted octanol–water partition coefficient (Wildman–Crippen LogP) is 4.05. The van der Waals surface area contributed by atoms with Gasteiger partial charge in [-0.15, -0.1) is 0 Å². The summed E-state index contributed by atoms with van der Waals surface area (Å²) >= 11 is 5.89. The average molecular weight is 357 g/mol. The Morgan fingerprint density at radius 3 is 2.92 bits per heavy atom. The highest BCUT2D eigenvalue weighted by Crippen LogP contribution is 2.35. The Bertz CT molecular complexity index is 891. The molecule has 2 aromatic heterocycles. The van der Waals surface area contributed by atoms with Crippen molar-refractivity contribution in [3.63, 3.8) is 0 Å². The summed E-state index contributed by atoms with van der Waals surface area (Å²) in [5.41, 5.74) is 4.95. The monoisotopic (exact) mass is 356 g/mol. The third-order valence-corrected chi connectivity index (χ3v) is 4.92. The number of rotatable bonds is 3. The highest BCUT2D eigenvalue weighted by Gasteiger charge is 2.31. The van der Waals surface area contributed by atoms with Crippen molar-refractivity contribution in [1.29, 1.82) is 0 Å². The number of aromatic nitrogens is 3. The van der Waals surface area contributed by atoms with Crippen molar-refractivity contribution in [3.05, 3.63) is 81.9 Å². The van der Waals surface area contributed by atoms with Gasteiger partial charge in [0.1, 0.15) is 11.0 Å². The lowest BCUT2D eigenvalue weighted by Crippen LogP contribution is -2.36. The van der Waals surface area contributed by atoms with E-state index in [0.717, 1.165) is 42.0 Å². The second kappa shape index (κ2) is 6.58. The normalized spacial score (nSPS) is 17.5. The molecule has 1 atom stereocenters. The average Bonchev–Trinajstić information content (AvgIpc) is 3.08. The molecule has 4 nitrogen and oxygen atoms in total. The summed E-state index contributed by atoms with van der Waals surface area (Å²) in [5.74, 6) is -0.185. The Morgan fingerprint density at radius 1 is 1.28 bits per heavy atom. The molecular weight excluding hydrogens is 339 g/mol. The van der Waals surface area contributed by atoms with Gasteiger partial charge in [-0.05, 0) is 35.7 Å². The number of aryl methyl sites for hydroxylation is 1. The first kappa shape index (κ1) is 16.2. The Morgan fingerprint density at radius 2 is 2.16 bits per heavy atom. The summed E-state index contributed by atoms with van der Waals surface area (Å²) in [6.45, 7) is 3.41. The molecule has 1 aliphatic rings. The van der Waals surface area contributed by atoms with Crippen LogP contribution in [0.2, 0.25) is 5.15 Å². The van der Waals surface area contributed by atoms with Crippen molar-refractivity contribution in [2.45, 2.75) is 25.9 Å². The maximum Gasteiger partial charge on any atom is 0.129 e. The molecule has 0 aliphatic carbocycles. The predicted molar refractivity (Wildman–Crippen MR) is 94.9 cm³/mol. The number of hydrogen-bond donors (Lipinski definition) is 1. The fourth-order valence-corrected chi connectivity index (χ4v) is 3.55. The van der Waals surface area contributed by atoms with Gasteiger partial charge in [-0.25, -0.2) is 14.4 Å². The molecule has 1 aliphatic heterocycles. The standard InChI is InChI=1S/C19H18ClFN4/c1-12-8-14(3-4-15(12)21)19-18-16(23-11-24-18)6-7-25(19)10-13-2-5-17(20)22-9-13/h2-5,8-9,11,19H,6-7,10H2,1H3,(H,23,24). The Balaban J connectivity index is 1.72. The third-order valence-electron chi connectivity index (χ3n) is 4.70. The number of benzene rings is 1. The number of nitrogens with one attached hydrogen (secondary N) is 1. The van der Waals surface area contributed by atoms with Gasteiger partial charge in [0.2, 0.25) is 0 Å². The van der Waals surface area contributed by atoms with E-state index in [1.807, 2.05) is 18.2 Å². The molecule has 3 heterocycles. The number of fused-ring (bicyclic) bond motifs is 1. The van der Waals surface area contributed by atoms with Crippen LogP contribution in [0.25, 0.3) is 0 Å². The van der Waals surface area contributed by atoms with E-state index in [9.17, 15) is 4.39 Å². The van der Waals surface area contributed by atoms with Gasteiger partial charge < -0.3 is 4.98 Å². The van der Waals surface area contributed by atoms with Crippen LogP contribution in [0.15, 0.2) is 42.9 Å². The lowest BCUT2D eigenvalue weighted by molar-refractivity contribution is 0.200. The molecule has 0 amide bonds. The SMILES string of the molecule is Cc1cc(C2c3nc[nH]c3CCN2Cc2ccc(Cl)nc2)ccc1F. The van der Waals surface area contributed by atoms with Gasteiger partial charge in [0, 0.05) is 31.4 Å². The first-order chi connectivity index (χ1) is 12.1. The van der Waals surface area contributed by atoms with E-state index in [-0.39, 0.29) is 11.9 Å². The van der Waals surface area contributed by atoms with Crippen LogP contribution in [-0.4, -0.2) is 26.4 Å². The summed E-state index contributed by atoms with van der Waals surface area (Å²) in [7, 11) is 0. The van der Waals surface area contributed by atoms with Crippen molar-refractivity contribution in [1.82, 2.24) is 19.9 Å². The molecule has 0 radical (unpaired) electrons. The number of nitrogens with zero attached hydrogens (tertiary/aromatic N) is 3. The number of imidazole rings is 1. The largest absolute Gasteiger partial charge is 0.348 e. The molecule has 6 heteroatoms. The van der Waals surface area contributed by atoms with E-state index in [4.69, 9.17) is 11.6 Å². The van der Waals surface area contributed by atoms with E-state index >= 15 is 0 Å². The molecule has 128 valence electrons. The van der Waals surface area contributed by atoms with Gasteiger partial charge in [-0.3, -0.25) is 4.90 Å². The van der Waals surface area contributed by atoms with Gasteiger partial charge in [0.25, 0.3) is 0 Å². The summed E-state index contributed by atoms with van der Waals surface area (Å²) in [6, 6.07) is 9.08. The molecule has 1 N–H and O–H groups in total. The number of H-pyrrole nitrogens is 1. The Hall–Kier alpha value is -2.24. The molecule has 25 heavy (non-hydrogen) atoms. The van der Waals surface area contributed by atoms with Crippen LogP contribution in [0.4, 0.5) is 4.39 Å².